The van der Waals surface area contributed by atoms with Crippen molar-refractivity contribution in [2.45, 2.75) is 66.9 Å². The van der Waals surface area contributed by atoms with E-state index in [9.17, 15) is 91.0 Å². The van der Waals surface area contributed by atoms with Crippen molar-refractivity contribution in [1.29, 1.82) is 0 Å². The second-order valence-corrected chi connectivity index (χ2v) is 19.6. The van der Waals surface area contributed by atoms with Gasteiger partial charge in [0, 0.05) is 0 Å². The molecular weight excluding hydrogens is 687 g/mol. The van der Waals surface area contributed by atoms with Gasteiger partial charge in [-0.25, -0.2) is 0 Å². The molecule has 0 atom stereocenters. The Morgan fingerprint density at radius 2 is 0.488 bits per heavy atom. The molecule has 0 N–H and O–H groups in total. The molecule has 0 fully saturated rings. The minimum absolute atomic E-state index is 1.58. The standard InChI is InChI=1S/4C5H4F3O2.Zr/c4*1-3(9)2-4(10)5(6,7)8;/h4*1-2H2;. The molecule has 0 aromatic carbocycles. The molecule has 0 spiro atoms. The molecule has 0 bridgehead atoms. The van der Waals surface area contributed by atoms with Crippen molar-refractivity contribution in [2.75, 3.05) is 0 Å². The molecule has 0 radical (unpaired) electrons. The Kier molecular flexibility index (Phi) is 13.2. The molecule has 0 unspecified atom stereocenters. The Morgan fingerprint density at radius 1 is 0.341 bits per heavy atom. The van der Waals surface area contributed by atoms with E-state index in [2.05, 4.69) is 0 Å². The third-order valence-corrected chi connectivity index (χ3v) is 16.2. The first-order chi connectivity index (χ1) is 18.1. The fourth-order valence-corrected chi connectivity index (χ4v) is 14.7. The Morgan fingerprint density at radius 3 is 0.610 bits per heavy atom. The molecule has 0 amide bonds. The van der Waals surface area contributed by atoms with Crippen LogP contribution in [0.15, 0.2) is 0 Å². The summed E-state index contributed by atoms with van der Waals surface area (Å²) in [5.74, 6) is -18.4. The molecule has 0 rings (SSSR count). The van der Waals surface area contributed by atoms with Crippen LogP contribution in [0, 0.1) is 0 Å². The average molecular weight is 704 g/mol. The van der Waals surface area contributed by atoms with Crippen LogP contribution in [0.25, 0.3) is 0 Å². The van der Waals surface area contributed by atoms with Crippen molar-refractivity contribution in [3.05, 3.63) is 0 Å². The zero-order chi connectivity index (χ0) is 32.8. The maximum absolute atomic E-state index is 12.6. The predicted octanol–water partition coefficient (Wildman–Crippen LogP) is 4.18. The van der Waals surface area contributed by atoms with E-state index in [0.717, 1.165) is 0 Å². The first-order valence-corrected chi connectivity index (χ1v) is 17.5. The fraction of sp³-hybridized carbons (Fsp3) is 0.600. The summed E-state index contributed by atoms with van der Waals surface area (Å²) in [6.45, 7) is 0. The van der Waals surface area contributed by atoms with E-state index < -0.39 is 133 Å². The molecule has 0 aliphatic rings. The summed E-state index contributed by atoms with van der Waals surface area (Å²) in [6.07, 6.45) is -30.9. The molecule has 0 saturated heterocycles. The number of alkyl halides is 12. The van der Waals surface area contributed by atoms with E-state index >= 15 is 0 Å². The second-order valence-electron chi connectivity index (χ2n) is 8.75. The van der Waals surface area contributed by atoms with Crippen molar-refractivity contribution in [1.82, 2.24) is 0 Å². The van der Waals surface area contributed by atoms with Crippen molar-refractivity contribution in [3.8, 4) is 0 Å². The van der Waals surface area contributed by atoms with Gasteiger partial charge in [-0.05, 0) is 0 Å². The van der Waals surface area contributed by atoms with Crippen LogP contribution in [0.4, 0.5) is 52.7 Å². The van der Waals surface area contributed by atoms with Crippen LogP contribution in [0.2, 0.25) is 16.5 Å². The molecule has 0 aliphatic heterocycles. The zero-order valence-electron chi connectivity index (χ0n) is 20.0. The van der Waals surface area contributed by atoms with Gasteiger partial charge in [0.05, 0.1) is 0 Å². The van der Waals surface area contributed by atoms with Crippen LogP contribution in [0.1, 0.15) is 25.7 Å². The van der Waals surface area contributed by atoms with Gasteiger partial charge >= 0.3 is 224 Å². The minimum atomic E-state index is -6.04. The first kappa shape index (κ1) is 38.4. The second kappa shape index (κ2) is 14.0. The van der Waals surface area contributed by atoms with E-state index in [1.807, 2.05) is 0 Å². The Hall–Kier alpha value is -2.60. The van der Waals surface area contributed by atoms with Gasteiger partial charge in [-0.1, -0.05) is 0 Å². The SMILES string of the molecule is O=C(CC(=O)C(F)(F)F)[CH2][Zr]([CH2]C(=O)CC(=O)C(F)(F)F)([CH2]C(=O)CC(=O)C(F)(F)F)[CH2]C(=O)CC(=O)C(F)(F)F. The molecule has 232 valence electrons. The molecule has 8 nitrogen and oxygen atoms in total. The van der Waals surface area contributed by atoms with Gasteiger partial charge in [0.1, 0.15) is 0 Å². The van der Waals surface area contributed by atoms with Crippen LogP contribution >= 0.6 is 0 Å². The van der Waals surface area contributed by atoms with Gasteiger partial charge in [0.15, 0.2) is 0 Å². The number of hydrogen-bond donors (Lipinski definition) is 0. The summed E-state index contributed by atoms with van der Waals surface area (Å²) in [4.78, 5) is 93.7. The first-order valence-electron chi connectivity index (χ1n) is 10.6. The van der Waals surface area contributed by atoms with E-state index in [1.165, 1.54) is 0 Å². The van der Waals surface area contributed by atoms with Crippen LogP contribution in [0.3, 0.4) is 0 Å². The molecule has 0 heterocycles. The Labute approximate surface area is 224 Å². The molecule has 0 saturated carbocycles. The monoisotopic (exact) mass is 702 g/mol. The summed E-state index contributed by atoms with van der Waals surface area (Å²) in [5.41, 5.74) is 0. The number of carbonyl (C=O) groups excluding carboxylic acids is 8. The molecule has 0 aromatic heterocycles. The molecule has 41 heavy (non-hydrogen) atoms. The number of rotatable bonds is 16. The van der Waals surface area contributed by atoms with Crippen LogP contribution in [0.5, 0.6) is 0 Å². The summed E-state index contributed by atoms with van der Waals surface area (Å²) in [5, 5.41) is 0. The van der Waals surface area contributed by atoms with Crippen LogP contribution in [-0.4, -0.2) is 71.0 Å². The number of ketones is 8. The summed E-state index contributed by atoms with van der Waals surface area (Å²) < 4.78 is 144. The molecule has 21 heteroatoms. The van der Waals surface area contributed by atoms with Crippen molar-refractivity contribution in [3.63, 3.8) is 0 Å². The summed E-state index contributed by atoms with van der Waals surface area (Å²) >= 11 is -6.04. The number of carbonyl (C=O) groups is 8. The van der Waals surface area contributed by atoms with Gasteiger partial charge in [0.2, 0.25) is 0 Å². The topological polar surface area (TPSA) is 137 Å². The third kappa shape index (κ3) is 14.2. The van der Waals surface area contributed by atoms with E-state index in [0.29, 0.717) is 0 Å². The van der Waals surface area contributed by atoms with Gasteiger partial charge in [0.25, 0.3) is 0 Å². The average Bonchev–Trinajstić information content (AvgIpc) is 2.69. The van der Waals surface area contributed by atoms with Crippen molar-refractivity contribution < 1.29 is 111 Å². The van der Waals surface area contributed by atoms with E-state index in [-0.39, 0.29) is 0 Å². The fourth-order valence-electron chi connectivity index (χ4n) is 3.42. The number of Topliss-reactive ketones (excluding diaryl/α,β-unsaturated/α-hetero) is 8. The van der Waals surface area contributed by atoms with Gasteiger partial charge < -0.3 is 0 Å². The summed E-state index contributed by atoms with van der Waals surface area (Å²) in [6, 6.07) is 0. The molecule has 0 aliphatic carbocycles. The van der Waals surface area contributed by atoms with Crippen molar-refractivity contribution in [2.24, 2.45) is 0 Å². The summed E-state index contributed by atoms with van der Waals surface area (Å²) in [7, 11) is 0. The van der Waals surface area contributed by atoms with Gasteiger partial charge in [-0.2, -0.15) is 0 Å². The quantitative estimate of drug-likeness (QED) is 0.173. The van der Waals surface area contributed by atoms with Gasteiger partial charge in [-0.3, -0.25) is 0 Å². The molecule has 0 aromatic rings. The third-order valence-electron chi connectivity index (χ3n) is 4.98. The Balaban J connectivity index is 6.62. The molecular formula is C20H16F12O8Zr. The number of hydrogen-bond acceptors (Lipinski definition) is 8. The maximum atomic E-state index is 12.6. The van der Waals surface area contributed by atoms with E-state index in [4.69, 9.17) is 0 Å². The van der Waals surface area contributed by atoms with Crippen LogP contribution in [-0.2, 0) is 58.6 Å². The zero-order valence-corrected chi connectivity index (χ0v) is 22.4. The predicted molar refractivity (Wildman–Crippen MR) is 102 cm³/mol. The van der Waals surface area contributed by atoms with Crippen LogP contribution < -0.4 is 0 Å². The number of halogens is 12. The van der Waals surface area contributed by atoms with Gasteiger partial charge in [-0.15, -0.1) is 0 Å². The van der Waals surface area contributed by atoms with Crippen molar-refractivity contribution >= 4 is 46.3 Å². The van der Waals surface area contributed by atoms with E-state index in [1.54, 1.807) is 0 Å². The Bertz CT molecular complexity index is 926. The normalized spacial score (nSPS) is 13.0.